The van der Waals surface area contributed by atoms with E-state index in [2.05, 4.69) is 4.98 Å². The third kappa shape index (κ3) is 5.13. The van der Waals surface area contributed by atoms with Gasteiger partial charge in [-0.25, -0.2) is 4.79 Å². The van der Waals surface area contributed by atoms with Crippen molar-refractivity contribution in [2.75, 3.05) is 39.5 Å². The minimum absolute atomic E-state index is 0.0376. The third-order valence-corrected chi connectivity index (χ3v) is 5.49. The van der Waals surface area contributed by atoms with Crippen molar-refractivity contribution in [1.29, 1.82) is 0 Å². The normalized spacial score (nSPS) is 22.7. The Morgan fingerprint density at radius 2 is 2.10 bits per heavy atom. The first-order valence-electron chi connectivity index (χ1n) is 9.76. The Morgan fingerprint density at radius 3 is 2.77 bits per heavy atom. The van der Waals surface area contributed by atoms with Crippen LogP contribution < -0.4 is 0 Å². The maximum Gasteiger partial charge on any atom is 0.490 e. The average Bonchev–Trinajstić information content (AvgIpc) is 3.28. The van der Waals surface area contributed by atoms with E-state index in [1.54, 1.807) is 6.20 Å². The maximum atomic E-state index is 13.0. The predicted molar refractivity (Wildman–Crippen MR) is 105 cm³/mol. The third-order valence-electron chi connectivity index (χ3n) is 5.49. The standard InChI is InChI=1S/C19H22N2O3.C2HF3O2/c1-2-23-12-19-11-21(9-16(19)10-24-13-19)18(22)15-5-6-17-14(8-15)4-3-7-20-17;3-2(4,5)1(6)7/h3-8,16H,2,9-13H2,1H3;(H,6,7)/t16-,19-;/m1./s1. The molecule has 10 heteroatoms. The lowest BCUT2D eigenvalue weighted by atomic mass is 9.82. The first-order valence-corrected chi connectivity index (χ1v) is 9.76. The number of hydrogen-bond acceptors (Lipinski definition) is 5. The number of alkyl halides is 3. The molecule has 3 heterocycles. The number of aromatic nitrogens is 1. The van der Waals surface area contributed by atoms with Gasteiger partial charge in [-0.15, -0.1) is 0 Å². The van der Waals surface area contributed by atoms with Crippen LogP contribution in [0.1, 0.15) is 17.3 Å². The van der Waals surface area contributed by atoms with Gasteiger partial charge in [-0.3, -0.25) is 9.78 Å². The molecule has 2 fully saturated rings. The molecular weight excluding hydrogens is 417 g/mol. The molecule has 0 bridgehead atoms. The number of hydrogen-bond donors (Lipinski definition) is 1. The summed E-state index contributed by atoms with van der Waals surface area (Å²) in [7, 11) is 0. The highest BCUT2D eigenvalue weighted by Crippen LogP contribution is 2.42. The Bertz CT molecular complexity index is 952. The lowest BCUT2D eigenvalue weighted by molar-refractivity contribution is -0.192. The Kier molecular flexibility index (Phi) is 6.80. The number of ether oxygens (including phenoxy) is 2. The van der Waals surface area contributed by atoms with Crippen LogP contribution in [0.5, 0.6) is 0 Å². The van der Waals surface area contributed by atoms with Crippen molar-refractivity contribution in [2.24, 2.45) is 11.3 Å². The van der Waals surface area contributed by atoms with Gasteiger partial charge < -0.3 is 19.5 Å². The van der Waals surface area contributed by atoms with Crippen LogP contribution >= 0.6 is 0 Å². The number of nitrogens with zero attached hydrogens (tertiary/aromatic N) is 2. The van der Waals surface area contributed by atoms with E-state index in [1.165, 1.54) is 0 Å². The molecule has 0 radical (unpaired) electrons. The largest absolute Gasteiger partial charge is 0.490 e. The van der Waals surface area contributed by atoms with Gasteiger partial charge >= 0.3 is 12.1 Å². The molecule has 1 amide bonds. The molecule has 1 aromatic carbocycles. The maximum absolute atomic E-state index is 13.0. The van der Waals surface area contributed by atoms with E-state index in [1.807, 2.05) is 42.2 Å². The molecule has 2 saturated heterocycles. The monoisotopic (exact) mass is 440 g/mol. The Hall–Kier alpha value is -2.72. The van der Waals surface area contributed by atoms with Crippen LogP contribution in [0.3, 0.4) is 0 Å². The first-order chi connectivity index (χ1) is 14.7. The Morgan fingerprint density at radius 1 is 1.35 bits per heavy atom. The molecule has 0 unspecified atom stereocenters. The van der Waals surface area contributed by atoms with Crippen molar-refractivity contribution in [3.63, 3.8) is 0 Å². The smallest absolute Gasteiger partial charge is 0.475 e. The van der Waals surface area contributed by atoms with E-state index in [0.717, 1.165) is 29.6 Å². The number of likely N-dealkylation sites (tertiary alicyclic amines) is 1. The van der Waals surface area contributed by atoms with Crippen LogP contribution in [-0.4, -0.2) is 72.6 Å². The van der Waals surface area contributed by atoms with Gasteiger partial charge in [-0.2, -0.15) is 13.2 Å². The quantitative estimate of drug-likeness (QED) is 0.787. The minimum atomic E-state index is -5.08. The number of fused-ring (bicyclic) bond motifs is 2. The van der Waals surface area contributed by atoms with Crippen LogP contribution in [0.25, 0.3) is 10.9 Å². The molecule has 0 saturated carbocycles. The van der Waals surface area contributed by atoms with Gasteiger partial charge in [0.25, 0.3) is 5.91 Å². The van der Waals surface area contributed by atoms with Gasteiger partial charge in [0, 0.05) is 48.2 Å². The summed E-state index contributed by atoms with van der Waals surface area (Å²) < 4.78 is 43.1. The zero-order chi connectivity index (χ0) is 22.6. The van der Waals surface area contributed by atoms with Crippen LogP contribution in [0.2, 0.25) is 0 Å². The number of carboxylic acids is 1. The second-order valence-electron chi connectivity index (χ2n) is 7.61. The van der Waals surface area contributed by atoms with Crippen molar-refractivity contribution >= 4 is 22.8 Å². The number of carbonyl (C=O) groups is 2. The molecule has 168 valence electrons. The number of halogens is 3. The summed E-state index contributed by atoms with van der Waals surface area (Å²) in [6.07, 6.45) is -3.32. The highest BCUT2D eigenvalue weighted by atomic mass is 19.4. The molecule has 7 nitrogen and oxygen atoms in total. The molecule has 2 aliphatic rings. The lowest BCUT2D eigenvalue weighted by Crippen LogP contribution is -2.37. The van der Waals surface area contributed by atoms with Crippen molar-refractivity contribution < 1.29 is 37.3 Å². The molecule has 31 heavy (non-hydrogen) atoms. The van der Waals surface area contributed by atoms with E-state index >= 15 is 0 Å². The van der Waals surface area contributed by atoms with Gasteiger partial charge in [0.2, 0.25) is 0 Å². The van der Waals surface area contributed by atoms with Gasteiger partial charge in [0.15, 0.2) is 0 Å². The van der Waals surface area contributed by atoms with Crippen molar-refractivity contribution in [3.05, 3.63) is 42.1 Å². The molecule has 1 aromatic heterocycles. The molecular formula is C21H23F3N2O5. The van der Waals surface area contributed by atoms with Crippen LogP contribution in [0.15, 0.2) is 36.5 Å². The molecule has 4 rings (SSSR count). The summed E-state index contributed by atoms with van der Waals surface area (Å²) in [4.78, 5) is 28.1. The molecule has 2 aliphatic heterocycles. The molecule has 2 aromatic rings. The minimum Gasteiger partial charge on any atom is -0.475 e. The highest BCUT2D eigenvalue weighted by molar-refractivity contribution is 5.98. The van der Waals surface area contributed by atoms with E-state index in [0.29, 0.717) is 32.3 Å². The van der Waals surface area contributed by atoms with Crippen molar-refractivity contribution in [2.45, 2.75) is 13.1 Å². The number of carboxylic acid groups (broad SMARTS) is 1. The summed E-state index contributed by atoms with van der Waals surface area (Å²) in [6, 6.07) is 9.61. The van der Waals surface area contributed by atoms with E-state index in [-0.39, 0.29) is 11.3 Å². The number of benzene rings is 1. The van der Waals surface area contributed by atoms with Crippen LogP contribution in [0.4, 0.5) is 13.2 Å². The average molecular weight is 440 g/mol. The Balaban J connectivity index is 0.000000339. The summed E-state index contributed by atoms with van der Waals surface area (Å²) in [5.74, 6) is -2.30. The predicted octanol–water partition coefficient (Wildman–Crippen LogP) is 2.99. The van der Waals surface area contributed by atoms with Crippen molar-refractivity contribution in [3.8, 4) is 0 Å². The second-order valence-corrected chi connectivity index (χ2v) is 7.61. The zero-order valence-electron chi connectivity index (χ0n) is 16.9. The van der Waals surface area contributed by atoms with E-state index in [4.69, 9.17) is 19.4 Å². The lowest BCUT2D eigenvalue weighted by Gasteiger charge is -2.26. The van der Waals surface area contributed by atoms with Gasteiger partial charge in [-0.05, 0) is 31.2 Å². The Labute approximate surface area is 176 Å². The number of carbonyl (C=O) groups excluding carboxylic acids is 1. The first kappa shape index (κ1) is 23.0. The fraction of sp³-hybridized carbons (Fsp3) is 0.476. The topological polar surface area (TPSA) is 89.0 Å². The molecule has 0 aliphatic carbocycles. The summed E-state index contributed by atoms with van der Waals surface area (Å²) in [5.41, 5.74) is 1.60. The second kappa shape index (κ2) is 9.19. The van der Waals surface area contributed by atoms with Crippen LogP contribution in [-0.2, 0) is 14.3 Å². The molecule has 1 N–H and O–H groups in total. The van der Waals surface area contributed by atoms with Gasteiger partial charge in [0.1, 0.15) is 0 Å². The van der Waals surface area contributed by atoms with E-state index < -0.39 is 12.1 Å². The molecule has 0 spiro atoms. The fourth-order valence-electron chi connectivity index (χ4n) is 3.89. The number of amides is 1. The van der Waals surface area contributed by atoms with Crippen LogP contribution in [0, 0.1) is 11.3 Å². The zero-order valence-corrected chi connectivity index (χ0v) is 16.9. The van der Waals surface area contributed by atoms with E-state index in [9.17, 15) is 18.0 Å². The fourth-order valence-corrected chi connectivity index (χ4v) is 3.89. The molecule has 2 atom stereocenters. The number of aliphatic carboxylic acids is 1. The van der Waals surface area contributed by atoms with Gasteiger partial charge in [0.05, 0.1) is 25.3 Å². The van der Waals surface area contributed by atoms with Gasteiger partial charge in [-0.1, -0.05) is 6.07 Å². The summed E-state index contributed by atoms with van der Waals surface area (Å²) in [5, 5.41) is 8.12. The SMILES string of the molecule is CCOC[C@]12COC[C@H]1CN(C(=O)c1ccc3ncccc3c1)C2.O=C(O)C(F)(F)F. The number of rotatable bonds is 4. The van der Waals surface area contributed by atoms with Crippen molar-refractivity contribution in [1.82, 2.24) is 9.88 Å². The highest BCUT2D eigenvalue weighted by Gasteiger charge is 2.52. The number of pyridine rings is 1. The summed E-state index contributed by atoms with van der Waals surface area (Å²) >= 11 is 0. The summed E-state index contributed by atoms with van der Waals surface area (Å²) in [6.45, 7) is 6.22.